The van der Waals surface area contributed by atoms with Crippen molar-refractivity contribution in [1.29, 1.82) is 0 Å². The smallest absolute Gasteiger partial charge is 0.259 e. The minimum Gasteiger partial charge on any atom is -0.259 e. The molecule has 0 atom stereocenters. The van der Waals surface area contributed by atoms with Gasteiger partial charge in [0, 0.05) is 13.1 Å². The summed E-state index contributed by atoms with van der Waals surface area (Å²) in [7, 11) is 0. The van der Waals surface area contributed by atoms with E-state index in [1.807, 2.05) is 0 Å². The minimum atomic E-state index is -0.651. The lowest BCUT2D eigenvalue weighted by atomic mass is 10.6. The fourth-order valence-corrected chi connectivity index (χ4v) is 1.10. The molecular formula is C7H11N3O3. The molecule has 0 amide bonds. The summed E-state index contributed by atoms with van der Waals surface area (Å²) >= 11 is 0. The van der Waals surface area contributed by atoms with Crippen LogP contribution in [0.25, 0.3) is 0 Å². The molecule has 0 aliphatic heterocycles. The quantitative estimate of drug-likeness (QED) is 0.624. The first-order valence-corrected chi connectivity index (χ1v) is 4.05. The molecule has 0 spiro atoms. The molecule has 6 nitrogen and oxygen atoms in total. The number of nitrogens with zero attached hydrogens (tertiary/aromatic N) is 2. The van der Waals surface area contributed by atoms with E-state index in [0.717, 1.165) is 9.13 Å². The van der Waals surface area contributed by atoms with E-state index in [-0.39, 0.29) is 13.1 Å². The first-order chi connectivity index (χ1) is 6.11. The molecule has 72 valence electrons. The van der Waals surface area contributed by atoms with E-state index < -0.39 is 17.1 Å². The Hall–Kier alpha value is -1.59. The van der Waals surface area contributed by atoms with Crippen LogP contribution in [0.2, 0.25) is 0 Å². The fourth-order valence-electron chi connectivity index (χ4n) is 1.10. The highest BCUT2D eigenvalue weighted by atomic mass is 16.2. The molecule has 1 heterocycles. The normalized spacial score (nSPS) is 10.3. The molecule has 13 heavy (non-hydrogen) atoms. The third-order valence-corrected chi connectivity index (χ3v) is 1.80. The van der Waals surface area contributed by atoms with Gasteiger partial charge in [0.1, 0.15) is 0 Å². The van der Waals surface area contributed by atoms with E-state index in [1.54, 1.807) is 13.8 Å². The van der Waals surface area contributed by atoms with Gasteiger partial charge in [-0.25, -0.2) is 23.5 Å². The summed E-state index contributed by atoms with van der Waals surface area (Å²) in [6.07, 6.45) is 0. The van der Waals surface area contributed by atoms with E-state index in [4.69, 9.17) is 0 Å². The van der Waals surface area contributed by atoms with E-state index in [9.17, 15) is 14.4 Å². The molecule has 0 aromatic carbocycles. The Balaban J connectivity index is 3.69. The molecule has 1 aromatic heterocycles. The molecule has 0 aliphatic carbocycles. The molecule has 0 saturated carbocycles. The zero-order chi connectivity index (χ0) is 10.0. The van der Waals surface area contributed by atoms with Crippen molar-refractivity contribution in [2.24, 2.45) is 0 Å². The van der Waals surface area contributed by atoms with Gasteiger partial charge in [-0.1, -0.05) is 0 Å². The zero-order valence-corrected chi connectivity index (χ0v) is 7.53. The largest absolute Gasteiger partial charge is 0.336 e. The minimum absolute atomic E-state index is 0.258. The van der Waals surface area contributed by atoms with Crippen molar-refractivity contribution >= 4 is 0 Å². The van der Waals surface area contributed by atoms with Gasteiger partial charge in [-0.15, -0.1) is 0 Å². The SMILES string of the molecule is CCn1c(=O)[nH]c(=O)n(CC)c1=O. The summed E-state index contributed by atoms with van der Waals surface area (Å²) in [4.78, 5) is 35.6. The van der Waals surface area contributed by atoms with Gasteiger partial charge in [0.15, 0.2) is 0 Å². The maximum atomic E-state index is 11.4. The second-order valence-electron chi connectivity index (χ2n) is 2.51. The van der Waals surface area contributed by atoms with Gasteiger partial charge in [-0.2, -0.15) is 0 Å². The topological polar surface area (TPSA) is 76.9 Å². The molecule has 0 unspecified atom stereocenters. The van der Waals surface area contributed by atoms with Gasteiger partial charge in [-0.3, -0.25) is 4.98 Å². The number of hydrogen-bond acceptors (Lipinski definition) is 3. The zero-order valence-electron chi connectivity index (χ0n) is 7.53. The summed E-state index contributed by atoms with van der Waals surface area (Å²) in [5, 5.41) is 0. The number of hydrogen-bond donors (Lipinski definition) is 1. The van der Waals surface area contributed by atoms with Crippen molar-refractivity contribution in [2.45, 2.75) is 26.9 Å². The van der Waals surface area contributed by atoms with Gasteiger partial charge in [-0.05, 0) is 13.8 Å². The molecule has 0 saturated heterocycles. The van der Waals surface area contributed by atoms with Crippen molar-refractivity contribution in [2.75, 3.05) is 0 Å². The second-order valence-corrected chi connectivity index (χ2v) is 2.51. The Labute approximate surface area is 73.5 Å². The summed E-state index contributed by atoms with van der Waals surface area (Å²) in [5.41, 5.74) is -1.86. The van der Waals surface area contributed by atoms with Gasteiger partial charge < -0.3 is 0 Å². The Kier molecular flexibility index (Phi) is 2.50. The average molecular weight is 185 g/mol. The average Bonchev–Trinajstić information content (AvgIpc) is 2.04. The third kappa shape index (κ3) is 1.47. The fraction of sp³-hybridized carbons (Fsp3) is 0.571. The lowest BCUT2D eigenvalue weighted by Gasteiger charge is -2.03. The Morgan fingerprint density at radius 1 is 1.00 bits per heavy atom. The summed E-state index contributed by atoms with van der Waals surface area (Å²) in [6, 6.07) is 0. The van der Waals surface area contributed by atoms with Crippen LogP contribution in [-0.4, -0.2) is 14.1 Å². The highest BCUT2D eigenvalue weighted by Crippen LogP contribution is 1.68. The van der Waals surface area contributed by atoms with Crippen LogP contribution in [0.1, 0.15) is 13.8 Å². The second kappa shape index (κ2) is 3.42. The molecular weight excluding hydrogens is 174 g/mol. The third-order valence-electron chi connectivity index (χ3n) is 1.80. The van der Waals surface area contributed by atoms with Crippen LogP contribution in [-0.2, 0) is 13.1 Å². The van der Waals surface area contributed by atoms with Crippen molar-refractivity contribution < 1.29 is 0 Å². The van der Waals surface area contributed by atoms with E-state index in [1.165, 1.54) is 0 Å². The number of rotatable bonds is 2. The lowest BCUT2D eigenvalue weighted by Crippen LogP contribution is -2.48. The molecule has 1 N–H and O–H groups in total. The number of aromatic amines is 1. The van der Waals surface area contributed by atoms with Gasteiger partial charge in [0.2, 0.25) is 0 Å². The Morgan fingerprint density at radius 3 is 1.69 bits per heavy atom. The number of nitrogens with one attached hydrogen (secondary N) is 1. The van der Waals surface area contributed by atoms with Crippen LogP contribution in [0.5, 0.6) is 0 Å². The molecule has 0 fully saturated rings. The van der Waals surface area contributed by atoms with E-state index >= 15 is 0 Å². The summed E-state index contributed by atoms with van der Waals surface area (Å²) < 4.78 is 1.95. The summed E-state index contributed by atoms with van der Waals surface area (Å²) in [6.45, 7) is 3.85. The van der Waals surface area contributed by atoms with Crippen molar-refractivity contribution in [3.05, 3.63) is 31.5 Å². The van der Waals surface area contributed by atoms with Gasteiger partial charge >= 0.3 is 17.1 Å². The molecule has 0 radical (unpaired) electrons. The Bertz CT molecular complexity index is 426. The van der Waals surface area contributed by atoms with Crippen LogP contribution in [0.15, 0.2) is 14.4 Å². The van der Waals surface area contributed by atoms with E-state index in [0.29, 0.717) is 0 Å². The first kappa shape index (κ1) is 9.50. The highest BCUT2D eigenvalue weighted by Gasteiger charge is 2.05. The van der Waals surface area contributed by atoms with E-state index in [2.05, 4.69) is 4.98 Å². The van der Waals surface area contributed by atoms with Crippen LogP contribution >= 0.6 is 0 Å². The van der Waals surface area contributed by atoms with Crippen LogP contribution in [0.3, 0.4) is 0 Å². The maximum Gasteiger partial charge on any atom is 0.336 e. The molecule has 0 bridgehead atoms. The van der Waals surface area contributed by atoms with Crippen molar-refractivity contribution in [3.8, 4) is 0 Å². The molecule has 0 aliphatic rings. The molecule has 6 heteroatoms. The lowest BCUT2D eigenvalue weighted by molar-refractivity contribution is 0.539. The molecule has 1 aromatic rings. The Morgan fingerprint density at radius 2 is 1.38 bits per heavy atom. The van der Waals surface area contributed by atoms with Crippen LogP contribution < -0.4 is 17.1 Å². The monoisotopic (exact) mass is 185 g/mol. The molecule has 1 rings (SSSR count). The van der Waals surface area contributed by atoms with Crippen LogP contribution in [0, 0.1) is 0 Å². The predicted molar refractivity (Wildman–Crippen MR) is 46.9 cm³/mol. The maximum absolute atomic E-state index is 11.4. The van der Waals surface area contributed by atoms with Crippen molar-refractivity contribution in [1.82, 2.24) is 14.1 Å². The number of aromatic nitrogens is 3. The van der Waals surface area contributed by atoms with Gasteiger partial charge in [0.05, 0.1) is 0 Å². The highest BCUT2D eigenvalue weighted by molar-refractivity contribution is 4.73. The van der Waals surface area contributed by atoms with Crippen molar-refractivity contribution in [3.63, 3.8) is 0 Å². The standard InChI is InChI=1S/C7H11N3O3/c1-3-9-5(11)8-6(12)10(4-2)7(9)13/h3-4H2,1-2H3,(H,8,11,12). The van der Waals surface area contributed by atoms with Gasteiger partial charge in [0.25, 0.3) is 0 Å². The predicted octanol–water partition coefficient (Wildman–Crippen LogP) is -1.26. The first-order valence-electron chi connectivity index (χ1n) is 4.05. The van der Waals surface area contributed by atoms with Crippen LogP contribution in [0.4, 0.5) is 0 Å². The summed E-state index contributed by atoms with van der Waals surface area (Å²) in [5.74, 6) is 0. The number of H-pyrrole nitrogens is 1.